The molecule has 0 aromatic rings. The summed E-state index contributed by atoms with van der Waals surface area (Å²) in [5, 5.41) is 11.1. The van der Waals surface area contributed by atoms with Gasteiger partial charge in [-0.2, -0.15) is 0 Å². The molecule has 0 aromatic heterocycles. The largest absolute Gasteiger partial charge is 0.395 e. The number of rotatable bonds is 4. The van der Waals surface area contributed by atoms with Gasteiger partial charge in [0.15, 0.2) is 0 Å². The zero-order valence-corrected chi connectivity index (χ0v) is 7.38. The Kier molecular flexibility index (Phi) is 4.08. The second kappa shape index (κ2) is 5.14. The molecule has 1 fully saturated rings. The van der Waals surface area contributed by atoms with Crippen molar-refractivity contribution in [1.29, 1.82) is 0 Å². The Hall–Kier alpha value is -0.570. The zero-order valence-electron chi connectivity index (χ0n) is 7.38. The van der Waals surface area contributed by atoms with E-state index in [4.69, 9.17) is 5.11 Å². The molecule has 1 aliphatic rings. The fourth-order valence-electron chi connectivity index (χ4n) is 1.74. The van der Waals surface area contributed by atoms with Crippen molar-refractivity contribution in [2.45, 2.75) is 32.1 Å². The molecule has 1 aliphatic carbocycles. The van der Waals surface area contributed by atoms with Gasteiger partial charge in [0.05, 0.1) is 6.61 Å². The maximum atomic E-state index is 11.1. The molecule has 70 valence electrons. The van der Waals surface area contributed by atoms with Gasteiger partial charge in [0.25, 0.3) is 0 Å². The summed E-state index contributed by atoms with van der Waals surface area (Å²) < 4.78 is 0. The first-order valence-corrected chi connectivity index (χ1v) is 4.70. The average Bonchev–Trinajstić information content (AvgIpc) is 2.53. The molecule has 1 rings (SSSR count). The van der Waals surface area contributed by atoms with E-state index >= 15 is 0 Å². The van der Waals surface area contributed by atoms with Crippen LogP contribution >= 0.6 is 0 Å². The second-order valence-electron chi connectivity index (χ2n) is 3.43. The molecule has 12 heavy (non-hydrogen) atoms. The van der Waals surface area contributed by atoms with Gasteiger partial charge in [-0.05, 0) is 18.8 Å². The van der Waals surface area contributed by atoms with Gasteiger partial charge in [0, 0.05) is 13.0 Å². The first-order valence-electron chi connectivity index (χ1n) is 4.70. The van der Waals surface area contributed by atoms with Gasteiger partial charge in [-0.3, -0.25) is 4.79 Å². The highest BCUT2D eigenvalue weighted by Gasteiger charge is 2.17. The van der Waals surface area contributed by atoms with Gasteiger partial charge in [0.1, 0.15) is 0 Å². The summed E-state index contributed by atoms with van der Waals surface area (Å²) in [6.07, 6.45) is 5.61. The van der Waals surface area contributed by atoms with Crippen LogP contribution in [0.4, 0.5) is 0 Å². The van der Waals surface area contributed by atoms with E-state index < -0.39 is 0 Å². The third-order valence-corrected chi connectivity index (χ3v) is 2.38. The second-order valence-corrected chi connectivity index (χ2v) is 3.43. The minimum atomic E-state index is 0.0381. The van der Waals surface area contributed by atoms with Crippen LogP contribution in [0.3, 0.4) is 0 Å². The van der Waals surface area contributed by atoms with E-state index in [0.29, 0.717) is 18.9 Å². The minimum Gasteiger partial charge on any atom is -0.395 e. The van der Waals surface area contributed by atoms with Gasteiger partial charge in [-0.15, -0.1) is 0 Å². The predicted octanol–water partition coefficient (Wildman–Crippen LogP) is 0.675. The van der Waals surface area contributed by atoms with Gasteiger partial charge in [-0.25, -0.2) is 0 Å². The minimum absolute atomic E-state index is 0.0381. The van der Waals surface area contributed by atoms with Gasteiger partial charge in [0.2, 0.25) is 5.91 Å². The van der Waals surface area contributed by atoms with Crippen LogP contribution in [0.2, 0.25) is 0 Å². The molecule has 2 N–H and O–H groups in total. The molecule has 3 nitrogen and oxygen atoms in total. The number of amides is 1. The Morgan fingerprint density at radius 1 is 1.42 bits per heavy atom. The van der Waals surface area contributed by atoms with Gasteiger partial charge < -0.3 is 10.4 Å². The molecule has 0 saturated heterocycles. The van der Waals surface area contributed by atoms with Crippen LogP contribution in [-0.4, -0.2) is 24.2 Å². The molecule has 0 unspecified atom stereocenters. The van der Waals surface area contributed by atoms with Crippen molar-refractivity contribution >= 4 is 5.91 Å². The van der Waals surface area contributed by atoms with E-state index in [1.165, 1.54) is 25.7 Å². The number of nitrogens with one attached hydrogen (secondary N) is 1. The summed E-state index contributed by atoms with van der Waals surface area (Å²) in [6, 6.07) is 0. The van der Waals surface area contributed by atoms with E-state index in [2.05, 4.69) is 5.32 Å². The Bertz CT molecular complexity index is 141. The lowest BCUT2D eigenvalue weighted by molar-refractivity contribution is -0.122. The summed E-state index contributed by atoms with van der Waals surface area (Å²) in [5.41, 5.74) is 0. The highest BCUT2D eigenvalue weighted by molar-refractivity contribution is 5.76. The van der Waals surface area contributed by atoms with Crippen molar-refractivity contribution in [3.8, 4) is 0 Å². The van der Waals surface area contributed by atoms with E-state index in [1.54, 1.807) is 0 Å². The van der Waals surface area contributed by atoms with Crippen LogP contribution < -0.4 is 5.32 Å². The molecule has 1 amide bonds. The topological polar surface area (TPSA) is 49.3 Å². The lowest BCUT2D eigenvalue weighted by atomic mass is 10.0. The Labute approximate surface area is 73.2 Å². The Morgan fingerprint density at radius 2 is 2.08 bits per heavy atom. The molecule has 0 bridgehead atoms. The molecule has 0 atom stereocenters. The van der Waals surface area contributed by atoms with Crippen LogP contribution in [-0.2, 0) is 4.79 Å². The lowest BCUT2D eigenvalue weighted by Crippen LogP contribution is -2.27. The molecular weight excluding hydrogens is 154 g/mol. The van der Waals surface area contributed by atoms with Gasteiger partial charge >= 0.3 is 0 Å². The molecular formula is C9H17NO2. The highest BCUT2D eigenvalue weighted by atomic mass is 16.3. The van der Waals surface area contributed by atoms with Crippen LogP contribution in [0.5, 0.6) is 0 Å². The Morgan fingerprint density at radius 3 is 2.67 bits per heavy atom. The summed E-state index contributed by atoms with van der Waals surface area (Å²) in [7, 11) is 0. The van der Waals surface area contributed by atoms with E-state index in [-0.39, 0.29) is 12.5 Å². The molecule has 0 spiro atoms. The molecule has 0 heterocycles. The predicted molar refractivity (Wildman–Crippen MR) is 46.7 cm³/mol. The molecule has 0 aromatic carbocycles. The summed E-state index contributed by atoms with van der Waals surface area (Å²) in [6.45, 7) is 0.433. The maximum Gasteiger partial charge on any atom is 0.220 e. The standard InChI is InChI=1S/C9H17NO2/c11-6-5-10-9(12)7-8-3-1-2-4-8/h8,11H,1-7H2,(H,10,12). The van der Waals surface area contributed by atoms with Crippen molar-refractivity contribution in [2.24, 2.45) is 5.92 Å². The molecule has 0 radical (unpaired) electrons. The highest BCUT2D eigenvalue weighted by Crippen LogP contribution is 2.27. The van der Waals surface area contributed by atoms with Crippen LogP contribution in [0, 0.1) is 5.92 Å². The number of carbonyl (C=O) groups excluding carboxylic acids is 1. The monoisotopic (exact) mass is 171 g/mol. The van der Waals surface area contributed by atoms with E-state index in [0.717, 1.165) is 0 Å². The third-order valence-electron chi connectivity index (χ3n) is 2.38. The zero-order chi connectivity index (χ0) is 8.81. The number of hydrogen-bond acceptors (Lipinski definition) is 2. The van der Waals surface area contributed by atoms with Crippen LogP contribution in [0.15, 0.2) is 0 Å². The summed E-state index contributed by atoms with van der Waals surface area (Å²) >= 11 is 0. The molecule has 3 heteroatoms. The quantitative estimate of drug-likeness (QED) is 0.653. The number of hydrogen-bond donors (Lipinski definition) is 2. The Balaban J connectivity index is 2.08. The summed E-state index contributed by atoms with van der Waals surface area (Å²) in [4.78, 5) is 11.1. The molecule has 1 saturated carbocycles. The van der Waals surface area contributed by atoms with Crippen molar-refractivity contribution in [1.82, 2.24) is 5.32 Å². The SMILES string of the molecule is O=C(CC1CCCC1)NCCO. The van der Waals surface area contributed by atoms with Crippen LogP contribution in [0.25, 0.3) is 0 Å². The van der Waals surface area contributed by atoms with Crippen molar-refractivity contribution in [2.75, 3.05) is 13.2 Å². The normalized spacial score (nSPS) is 18.1. The van der Waals surface area contributed by atoms with Crippen molar-refractivity contribution < 1.29 is 9.90 Å². The average molecular weight is 171 g/mol. The van der Waals surface area contributed by atoms with E-state index in [1.807, 2.05) is 0 Å². The third kappa shape index (κ3) is 3.22. The summed E-state index contributed by atoms with van der Waals surface area (Å²) in [5.74, 6) is 0.694. The van der Waals surface area contributed by atoms with Crippen molar-refractivity contribution in [3.63, 3.8) is 0 Å². The molecule has 0 aliphatic heterocycles. The fraction of sp³-hybridized carbons (Fsp3) is 0.889. The first-order chi connectivity index (χ1) is 5.83. The van der Waals surface area contributed by atoms with E-state index in [9.17, 15) is 4.79 Å². The van der Waals surface area contributed by atoms with Gasteiger partial charge in [-0.1, -0.05) is 12.8 Å². The maximum absolute atomic E-state index is 11.1. The number of aliphatic hydroxyl groups is 1. The number of aliphatic hydroxyl groups excluding tert-OH is 1. The smallest absolute Gasteiger partial charge is 0.220 e. The van der Waals surface area contributed by atoms with Crippen molar-refractivity contribution in [3.05, 3.63) is 0 Å². The lowest BCUT2D eigenvalue weighted by Gasteiger charge is -2.07. The first kappa shape index (κ1) is 9.52. The number of carbonyl (C=O) groups is 1. The fourth-order valence-corrected chi connectivity index (χ4v) is 1.74. The van der Waals surface area contributed by atoms with Crippen LogP contribution in [0.1, 0.15) is 32.1 Å².